The van der Waals surface area contributed by atoms with Crippen molar-refractivity contribution >= 4 is 0 Å². The second-order valence-electron chi connectivity index (χ2n) is 5.30. The number of nitrogens with zero attached hydrogens (tertiary/aromatic N) is 2. The zero-order valence-electron chi connectivity index (χ0n) is 12.0. The van der Waals surface area contributed by atoms with Crippen molar-refractivity contribution in [3.05, 3.63) is 29.8 Å². The number of ether oxygens (including phenoxy) is 2. The largest absolute Gasteiger partial charge is 0.492 e. The Morgan fingerprint density at radius 1 is 1.30 bits per heavy atom. The molecule has 1 aromatic rings. The first-order valence-corrected chi connectivity index (χ1v) is 7.17. The van der Waals surface area contributed by atoms with Crippen LogP contribution in [-0.2, 0) is 4.74 Å². The topological polar surface area (TPSA) is 45.5 Å². The predicted octanol–water partition coefficient (Wildman–Crippen LogP) is 2.30. The second-order valence-corrected chi connectivity index (χ2v) is 5.30. The van der Waals surface area contributed by atoms with Gasteiger partial charge in [-0.1, -0.05) is 0 Å². The molecule has 0 aromatic heterocycles. The molecule has 4 nitrogen and oxygen atoms in total. The Morgan fingerprint density at radius 3 is 2.65 bits per heavy atom. The average molecular weight is 274 g/mol. The van der Waals surface area contributed by atoms with Gasteiger partial charge in [-0.05, 0) is 50.1 Å². The van der Waals surface area contributed by atoms with Gasteiger partial charge in [0.1, 0.15) is 12.4 Å². The fourth-order valence-electron chi connectivity index (χ4n) is 2.41. The van der Waals surface area contributed by atoms with Crippen LogP contribution in [0, 0.1) is 17.2 Å². The summed E-state index contributed by atoms with van der Waals surface area (Å²) in [7, 11) is 2.14. The molecule has 20 heavy (non-hydrogen) atoms. The van der Waals surface area contributed by atoms with Gasteiger partial charge in [-0.2, -0.15) is 5.26 Å². The Morgan fingerprint density at radius 2 is 2.00 bits per heavy atom. The summed E-state index contributed by atoms with van der Waals surface area (Å²) in [6.07, 6.45) is 2.33. The van der Waals surface area contributed by atoms with E-state index in [0.29, 0.717) is 12.2 Å². The lowest BCUT2D eigenvalue weighted by Crippen LogP contribution is -2.32. The van der Waals surface area contributed by atoms with E-state index in [1.54, 1.807) is 12.1 Å². The normalized spacial score (nSPS) is 16.1. The van der Waals surface area contributed by atoms with Crippen molar-refractivity contribution < 1.29 is 9.47 Å². The van der Waals surface area contributed by atoms with E-state index in [-0.39, 0.29) is 0 Å². The summed E-state index contributed by atoms with van der Waals surface area (Å²) in [6, 6.07) is 9.35. The minimum Gasteiger partial charge on any atom is -0.492 e. The molecule has 2 rings (SSSR count). The van der Waals surface area contributed by atoms with Gasteiger partial charge in [0.15, 0.2) is 0 Å². The molecule has 4 heteroatoms. The maximum absolute atomic E-state index is 8.73. The lowest BCUT2D eigenvalue weighted by molar-refractivity contribution is 0.0543. The van der Waals surface area contributed by atoms with E-state index >= 15 is 0 Å². The van der Waals surface area contributed by atoms with Crippen LogP contribution in [0.2, 0.25) is 0 Å². The minimum absolute atomic E-state index is 0.661. The summed E-state index contributed by atoms with van der Waals surface area (Å²) in [5, 5.41) is 8.73. The predicted molar refractivity (Wildman–Crippen MR) is 77.7 cm³/mol. The van der Waals surface area contributed by atoms with Gasteiger partial charge in [0, 0.05) is 26.3 Å². The van der Waals surface area contributed by atoms with Crippen LogP contribution in [0.3, 0.4) is 0 Å². The smallest absolute Gasteiger partial charge is 0.119 e. The molecule has 0 spiro atoms. The van der Waals surface area contributed by atoms with Crippen molar-refractivity contribution in [3.63, 3.8) is 0 Å². The Balaban J connectivity index is 1.65. The van der Waals surface area contributed by atoms with Gasteiger partial charge in [-0.15, -0.1) is 0 Å². The summed E-state index contributed by atoms with van der Waals surface area (Å²) in [5.41, 5.74) is 0.661. The van der Waals surface area contributed by atoms with E-state index in [4.69, 9.17) is 14.7 Å². The molecule has 1 aliphatic rings. The second kappa shape index (κ2) is 7.88. The fraction of sp³-hybridized carbons (Fsp3) is 0.562. The highest BCUT2D eigenvalue weighted by atomic mass is 16.5. The standard InChI is InChI=1S/C16H22N2O2/c1-18(13-15-6-9-19-10-7-15)8-11-20-16-4-2-14(12-17)3-5-16/h2-5,15H,6-11,13H2,1H3. The number of benzene rings is 1. The molecule has 1 aromatic carbocycles. The molecule has 0 bridgehead atoms. The first kappa shape index (κ1) is 14.8. The quantitative estimate of drug-likeness (QED) is 0.798. The Bertz CT molecular complexity index is 433. The third kappa shape index (κ3) is 4.84. The van der Waals surface area contributed by atoms with Crippen LogP contribution in [0.15, 0.2) is 24.3 Å². The third-order valence-corrected chi connectivity index (χ3v) is 3.64. The van der Waals surface area contributed by atoms with E-state index in [1.165, 1.54) is 12.8 Å². The molecule has 0 atom stereocenters. The molecule has 1 fully saturated rings. The van der Waals surface area contributed by atoms with Crippen LogP contribution in [0.25, 0.3) is 0 Å². The number of hydrogen-bond acceptors (Lipinski definition) is 4. The monoisotopic (exact) mass is 274 g/mol. The number of rotatable bonds is 6. The van der Waals surface area contributed by atoms with Gasteiger partial charge in [0.05, 0.1) is 11.6 Å². The highest BCUT2D eigenvalue weighted by Crippen LogP contribution is 2.15. The van der Waals surface area contributed by atoms with Gasteiger partial charge < -0.3 is 14.4 Å². The van der Waals surface area contributed by atoms with Crippen molar-refractivity contribution in [1.82, 2.24) is 4.90 Å². The summed E-state index contributed by atoms with van der Waals surface area (Å²) in [6.45, 7) is 4.50. The van der Waals surface area contributed by atoms with Crippen molar-refractivity contribution in [2.24, 2.45) is 5.92 Å². The summed E-state index contributed by atoms with van der Waals surface area (Å²) < 4.78 is 11.1. The molecule has 0 saturated carbocycles. The SMILES string of the molecule is CN(CCOc1ccc(C#N)cc1)CC1CCOCC1. The third-order valence-electron chi connectivity index (χ3n) is 3.64. The van der Waals surface area contributed by atoms with E-state index in [9.17, 15) is 0 Å². The Kier molecular flexibility index (Phi) is 5.85. The van der Waals surface area contributed by atoms with Gasteiger partial charge in [-0.25, -0.2) is 0 Å². The zero-order chi connectivity index (χ0) is 14.2. The van der Waals surface area contributed by atoms with Crippen molar-refractivity contribution in [2.45, 2.75) is 12.8 Å². The molecule has 1 saturated heterocycles. The first-order chi connectivity index (χ1) is 9.78. The lowest BCUT2D eigenvalue weighted by atomic mass is 10.00. The highest BCUT2D eigenvalue weighted by Gasteiger charge is 2.15. The zero-order valence-corrected chi connectivity index (χ0v) is 12.0. The number of nitriles is 1. The van der Waals surface area contributed by atoms with E-state index in [0.717, 1.165) is 38.0 Å². The Labute approximate surface area is 120 Å². The summed E-state index contributed by atoms with van der Waals surface area (Å²) >= 11 is 0. The molecule has 1 heterocycles. The first-order valence-electron chi connectivity index (χ1n) is 7.17. The van der Waals surface area contributed by atoms with E-state index in [1.807, 2.05) is 12.1 Å². The van der Waals surface area contributed by atoms with E-state index < -0.39 is 0 Å². The van der Waals surface area contributed by atoms with Gasteiger partial charge in [-0.3, -0.25) is 0 Å². The molecule has 0 amide bonds. The van der Waals surface area contributed by atoms with Gasteiger partial charge >= 0.3 is 0 Å². The molecule has 1 aliphatic heterocycles. The van der Waals surface area contributed by atoms with Crippen molar-refractivity contribution in [1.29, 1.82) is 5.26 Å². The maximum Gasteiger partial charge on any atom is 0.119 e. The van der Waals surface area contributed by atoms with Crippen LogP contribution in [0.5, 0.6) is 5.75 Å². The minimum atomic E-state index is 0.661. The van der Waals surface area contributed by atoms with Crippen LogP contribution in [0.1, 0.15) is 18.4 Å². The van der Waals surface area contributed by atoms with E-state index in [2.05, 4.69) is 18.0 Å². The Hall–Kier alpha value is -1.57. The van der Waals surface area contributed by atoms with Crippen molar-refractivity contribution in [3.8, 4) is 11.8 Å². The van der Waals surface area contributed by atoms with Crippen LogP contribution in [-0.4, -0.2) is 44.9 Å². The molecule has 0 aliphatic carbocycles. The molecular formula is C16H22N2O2. The highest BCUT2D eigenvalue weighted by molar-refractivity contribution is 5.34. The fourth-order valence-corrected chi connectivity index (χ4v) is 2.41. The molecule has 0 radical (unpaired) electrons. The van der Waals surface area contributed by atoms with Gasteiger partial charge in [0.25, 0.3) is 0 Å². The molecule has 108 valence electrons. The summed E-state index contributed by atoms with van der Waals surface area (Å²) in [5.74, 6) is 1.58. The van der Waals surface area contributed by atoms with Gasteiger partial charge in [0.2, 0.25) is 0 Å². The molecular weight excluding hydrogens is 252 g/mol. The van der Waals surface area contributed by atoms with Crippen LogP contribution in [0.4, 0.5) is 0 Å². The van der Waals surface area contributed by atoms with Crippen molar-refractivity contribution in [2.75, 3.05) is 40.0 Å². The number of hydrogen-bond donors (Lipinski definition) is 0. The summed E-state index contributed by atoms with van der Waals surface area (Å²) in [4.78, 5) is 2.32. The maximum atomic E-state index is 8.73. The number of likely N-dealkylation sites (N-methyl/N-ethyl adjacent to an activating group) is 1. The van der Waals surface area contributed by atoms with Crippen LogP contribution >= 0.6 is 0 Å². The molecule has 0 unspecified atom stereocenters. The molecule has 0 N–H and O–H groups in total. The average Bonchev–Trinajstić information content (AvgIpc) is 2.49. The lowest BCUT2D eigenvalue weighted by Gasteiger charge is -2.27. The van der Waals surface area contributed by atoms with Crippen LogP contribution < -0.4 is 4.74 Å².